The smallest absolute Gasteiger partial charge is 0.159 e. The zero-order valence-electron chi connectivity index (χ0n) is 6.60. The summed E-state index contributed by atoms with van der Waals surface area (Å²) < 4.78 is 25.6. The van der Waals surface area contributed by atoms with Crippen LogP contribution in [0, 0.1) is 11.6 Å². The molecule has 1 atom stereocenters. The van der Waals surface area contributed by atoms with Gasteiger partial charge in [-0.2, -0.15) is 0 Å². The SMILES string of the molecule is NCC(O)c1cc(F)c(F)cc1Br. The average molecular weight is 252 g/mol. The number of rotatable bonds is 2. The molecule has 5 heteroatoms. The first-order valence-corrected chi connectivity index (χ1v) is 4.38. The standard InChI is InChI=1S/C8H8BrF2NO/c9-5-2-7(11)6(10)1-4(5)8(13)3-12/h1-2,8,13H,3,12H2. The van der Waals surface area contributed by atoms with Crippen molar-refractivity contribution in [1.82, 2.24) is 0 Å². The molecule has 0 heterocycles. The Hall–Kier alpha value is -0.520. The molecule has 0 saturated heterocycles. The van der Waals surface area contributed by atoms with Crippen LogP contribution in [-0.2, 0) is 0 Å². The highest BCUT2D eigenvalue weighted by Gasteiger charge is 2.13. The van der Waals surface area contributed by atoms with E-state index in [1.165, 1.54) is 0 Å². The van der Waals surface area contributed by atoms with Gasteiger partial charge in [0, 0.05) is 11.0 Å². The van der Waals surface area contributed by atoms with Gasteiger partial charge >= 0.3 is 0 Å². The quantitative estimate of drug-likeness (QED) is 0.787. The number of hydrogen-bond donors (Lipinski definition) is 2. The normalized spacial score (nSPS) is 13.0. The monoisotopic (exact) mass is 251 g/mol. The third-order valence-corrected chi connectivity index (χ3v) is 2.31. The largest absolute Gasteiger partial charge is 0.387 e. The number of hydrogen-bond acceptors (Lipinski definition) is 2. The van der Waals surface area contributed by atoms with E-state index in [4.69, 9.17) is 5.73 Å². The minimum Gasteiger partial charge on any atom is -0.387 e. The van der Waals surface area contributed by atoms with E-state index in [0.717, 1.165) is 12.1 Å². The highest BCUT2D eigenvalue weighted by Crippen LogP contribution is 2.25. The number of benzene rings is 1. The Morgan fingerprint density at radius 1 is 1.38 bits per heavy atom. The van der Waals surface area contributed by atoms with Crippen molar-refractivity contribution in [3.8, 4) is 0 Å². The molecule has 0 aliphatic rings. The molecule has 1 aromatic rings. The van der Waals surface area contributed by atoms with E-state index in [2.05, 4.69) is 15.9 Å². The molecule has 0 amide bonds. The van der Waals surface area contributed by atoms with E-state index in [1.54, 1.807) is 0 Å². The van der Waals surface area contributed by atoms with Crippen LogP contribution in [-0.4, -0.2) is 11.7 Å². The molecule has 1 aromatic carbocycles. The summed E-state index contributed by atoms with van der Waals surface area (Å²) >= 11 is 3.00. The molecule has 0 bridgehead atoms. The van der Waals surface area contributed by atoms with Gasteiger partial charge in [0.1, 0.15) is 0 Å². The van der Waals surface area contributed by atoms with Crippen molar-refractivity contribution in [2.75, 3.05) is 6.54 Å². The van der Waals surface area contributed by atoms with Crippen molar-refractivity contribution in [3.05, 3.63) is 33.8 Å². The van der Waals surface area contributed by atoms with Gasteiger partial charge in [-0.25, -0.2) is 8.78 Å². The molecule has 0 aliphatic heterocycles. The van der Waals surface area contributed by atoms with Gasteiger partial charge in [-0.1, -0.05) is 15.9 Å². The van der Waals surface area contributed by atoms with Crippen LogP contribution >= 0.6 is 15.9 Å². The first-order chi connectivity index (χ1) is 6.06. The number of halogens is 3. The van der Waals surface area contributed by atoms with Crippen molar-refractivity contribution in [2.24, 2.45) is 5.73 Å². The summed E-state index contributed by atoms with van der Waals surface area (Å²) in [4.78, 5) is 0. The van der Waals surface area contributed by atoms with Gasteiger partial charge in [0.2, 0.25) is 0 Å². The van der Waals surface area contributed by atoms with Crippen LogP contribution in [0.25, 0.3) is 0 Å². The Balaban J connectivity index is 3.15. The zero-order valence-corrected chi connectivity index (χ0v) is 8.18. The minimum atomic E-state index is -0.995. The molecule has 3 N–H and O–H groups in total. The van der Waals surface area contributed by atoms with E-state index in [-0.39, 0.29) is 12.1 Å². The molecule has 0 fully saturated rings. The second-order valence-electron chi connectivity index (χ2n) is 2.54. The van der Waals surface area contributed by atoms with Gasteiger partial charge in [0.25, 0.3) is 0 Å². The Bertz CT molecular complexity index is 319. The van der Waals surface area contributed by atoms with E-state index >= 15 is 0 Å². The van der Waals surface area contributed by atoms with Gasteiger partial charge in [-0.05, 0) is 17.7 Å². The lowest BCUT2D eigenvalue weighted by molar-refractivity contribution is 0.185. The van der Waals surface area contributed by atoms with Gasteiger partial charge in [0.15, 0.2) is 11.6 Å². The first-order valence-electron chi connectivity index (χ1n) is 3.59. The molecule has 2 nitrogen and oxygen atoms in total. The van der Waals surface area contributed by atoms with Gasteiger partial charge in [-0.15, -0.1) is 0 Å². The number of aliphatic hydroxyl groups excluding tert-OH is 1. The maximum atomic E-state index is 12.7. The van der Waals surface area contributed by atoms with E-state index in [0.29, 0.717) is 4.47 Å². The highest BCUT2D eigenvalue weighted by molar-refractivity contribution is 9.10. The van der Waals surface area contributed by atoms with Crippen LogP contribution in [0.15, 0.2) is 16.6 Å². The van der Waals surface area contributed by atoms with E-state index < -0.39 is 17.7 Å². The summed E-state index contributed by atoms with van der Waals surface area (Å²) in [6.45, 7) is -0.0380. The van der Waals surface area contributed by atoms with Gasteiger partial charge in [0.05, 0.1) is 6.10 Å². The molecule has 1 unspecified atom stereocenters. The Labute approximate surface area is 82.5 Å². The summed E-state index contributed by atoms with van der Waals surface area (Å²) in [6, 6.07) is 1.89. The Kier molecular flexibility index (Phi) is 3.35. The number of nitrogens with two attached hydrogens (primary N) is 1. The van der Waals surface area contributed by atoms with Crippen molar-refractivity contribution in [3.63, 3.8) is 0 Å². The topological polar surface area (TPSA) is 46.2 Å². The summed E-state index contributed by atoms with van der Waals surface area (Å²) in [5.41, 5.74) is 5.43. The molecule has 0 spiro atoms. The second-order valence-corrected chi connectivity index (χ2v) is 3.39. The highest BCUT2D eigenvalue weighted by atomic mass is 79.9. The Morgan fingerprint density at radius 3 is 2.46 bits per heavy atom. The first kappa shape index (κ1) is 10.6. The van der Waals surface area contributed by atoms with E-state index in [9.17, 15) is 13.9 Å². The zero-order chi connectivity index (χ0) is 10.0. The summed E-state index contributed by atoms with van der Waals surface area (Å²) in [6.07, 6.45) is -0.982. The molecule has 0 radical (unpaired) electrons. The fraction of sp³-hybridized carbons (Fsp3) is 0.250. The fourth-order valence-corrected chi connectivity index (χ4v) is 1.50. The van der Waals surface area contributed by atoms with Crippen LogP contribution < -0.4 is 5.73 Å². The van der Waals surface area contributed by atoms with Crippen LogP contribution in [0.5, 0.6) is 0 Å². The van der Waals surface area contributed by atoms with E-state index in [1.807, 2.05) is 0 Å². The molecule has 1 rings (SSSR count). The molecule has 0 aliphatic carbocycles. The predicted molar refractivity (Wildman–Crippen MR) is 48.1 cm³/mol. The van der Waals surface area contributed by atoms with Crippen molar-refractivity contribution >= 4 is 15.9 Å². The van der Waals surface area contributed by atoms with Crippen LogP contribution in [0.2, 0.25) is 0 Å². The average Bonchev–Trinajstić information content (AvgIpc) is 2.10. The second kappa shape index (κ2) is 4.13. The molecule has 0 saturated carbocycles. The fourth-order valence-electron chi connectivity index (χ4n) is 0.920. The summed E-state index contributed by atoms with van der Waals surface area (Å²) in [5, 5.41) is 9.28. The van der Waals surface area contributed by atoms with Gasteiger partial charge < -0.3 is 10.8 Å². The van der Waals surface area contributed by atoms with Crippen molar-refractivity contribution in [2.45, 2.75) is 6.10 Å². The maximum Gasteiger partial charge on any atom is 0.159 e. The molecular formula is C8H8BrF2NO. The molecule has 0 aromatic heterocycles. The summed E-state index contributed by atoms with van der Waals surface area (Å²) in [7, 11) is 0. The Morgan fingerprint density at radius 2 is 1.92 bits per heavy atom. The lowest BCUT2D eigenvalue weighted by atomic mass is 10.1. The molecule has 72 valence electrons. The summed E-state index contributed by atoms with van der Waals surface area (Å²) in [5.74, 6) is -1.95. The third-order valence-electron chi connectivity index (χ3n) is 1.62. The van der Waals surface area contributed by atoms with Crippen LogP contribution in [0.4, 0.5) is 8.78 Å². The van der Waals surface area contributed by atoms with Crippen LogP contribution in [0.1, 0.15) is 11.7 Å². The third kappa shape index (κ3) is 2.24. The maximum absolute atomic E-state index is 12.7. The lowest BCUT2D eigenvalue weighted by Crippen LogP contribution is -2.12. The van der Waals surface area contributed by atoms with Crippen molar-refractivity contribution in [1.29, 1.82) is 0 Å². The lowest BCUT2D eigenvalue weighted by Gasteiger charge is -2.10. The van der Waals surface area contributed by atoms with Gasteiger partial charge in [-0.3, -0.25) is 0 Å². The van der Waals surface area contributed by atoms with Crippen LogP contribution in [0.3, 0.4) is 0 Å². The predicted octanol–water partition coefficient (Wildman–Crippen LogP) is 1.72. The van der Waals surface area contributed by atoms with Crippen molar-refractivity contribution < 1.29 is 13.9 Å². The minimum absolute atomic E-state index is 0.0380. The molecule has 13 heavy (non-hydrogen) atoms. The number of aliphatic hydroxyl groups is 1. The molecular weight excluding hydrogens is 244 g/mol.